The molecule has 1 aromatic carbocycles. The Morgan fingerprint density at radius 2 is 1.87 bits per heavy atom. The highest BCUT2D eigenvalue weighted by molar-refractivity contribution is 5.58. The molecule has 0 aliphatic heterocycles. The molecule has 0 fully saturated rings. The van der Waals surface area contributed by atoms with Crippen LogP contribution in [0.3, 0.4) is 0 Å². The molecule has 118 valence electrons. The highest BCUT2D eigenvalue weighted by Gasteiger charge is 2.16. The topological polar surface area (TPSA) is 63.8 Å². The largest absolute Gasteiger partial charge is 0.363 e. The van der Waals surface area contributed by atoms with Crippen molar-refractivity contribution < 1.29 is 4.52 Å². The Bertz CT molecular complexity index is 767. The molecule has 1 atom stereocenters. The first-order valence-corrected chi connectivity index (χ1v) is 7.71. The molecule has 0 saturated heterocycles. The van der Waals surface area contributed by atoms with Gasteiger partial charge in [0.05, 0.1) is 6.04 Å². The van der Waals surface area contributed by atoms with E-state index in [4.69, 9.17) is 4.52 Å². The number of benzene rings is 1. The summed E-state index contributed by atoms with van der Waals surface area (Å²) >= 11 is 0. The molecular weight excluding hydrogens is 288 g/mol. The van der Waals surface area contributed by atoms with E-state index in [2.05, 4.69) is 58.6 Å². The summed E-state index contributed by atoms with van der Waals surface area (Å²) in [5.74, 6) is 2.35. The molecule has 5 heteroatoms. The lowest BCUT2D eigenvalue weighted by Crippen LogP contribution is -2.17. The lowest BCUT2D eigenvalue weighted by atomic mass is 9.96. The van der Waals surface area contributed by atoms with Crippen LogP contribution in [0.5, 0.6) is 0 Å². The fourth-order valence-corrected chi connectivity index (χ4v) is 2.51. The standard InChI is InChI=1S/C18H20N4O/c1-12(2)17(14-7-5-4-6-8-14)21-16-11-15(9-10-19-16)18-20-13(3)22-23-18/h4-12,17H,1-3H3,(H,19,21). The first-order chi connectivity index (χ1) is 11.1. The third kappa shape index (κ3) is 3.56. The highest BCUT2D eigenvalue weighted by Crippen LogP contribution is 2.27. The van der Waals surface area contributed by atoms with Gasteiger partial charge in [0.15, 0.2) is 5.82 Å². The minimum Gasteiger partial charge on any atom is -0.363 e. The van der Waals surface area contributed by atoms with Crippen LogP contribution in [-0.2, 0) is 0 Å². The van der Waals surface area contributed by atoms with Gasteiger partial charge in [-0.05, 0) is 30.5 Å². The van der Waals surface area contributed by atoms with Crippen molar-refractivity contribution in [1.29, 1.82) is 0 Å². The number of nitrogens with one attached hydrogen (secondary N) is 1. The van der Waals surface area contributed by atoms with Gasteiger partial charge in [0.1, 0.15) is 5.82 Å². The van der Waals surface area contributed by atoms with E-state index in [1.165, 1.54) is 5.56 Å². The van der Waals surface area contributed by atoms with Crippen LogP contribution in [0, 0.1) is 12.8 Å². The number of aromatic nitrogens is 3. The second-order valence-corrected chi connectivity index (χ2v) is 5.85. The van der Waals surface area contributed by atoms with Crippen LogP contribution < -0.4 is 5.32 Å². The van der Waals surface area contributed by atoms with Gasteiger partial charge in [0.25, 0.3) is 5.89 Å². The van der Waals surface area contributed by atoms with E-state index in [9.17, 15) is 0 Å². The molecule has 0 aliphatic carbocycles. The minimum absolute atomic E-state index is 0.184. The number of pyridine rings is 1. The van der Waals surface area contributed by atoms with E-state index in [0.29, 0.717) is 17.6 Å². The number of hydrogen-bond acceptors (Lipinski definition) is 5. The molecule has 3 rings (SSSR count). The minimum atomic E-state index is 0.184. The smallest absolute Gasteiger partial charge is 0.258 e. The number of nitrogens with zero attached hydrogens (tertiary/aromatic N) is 3. The predicted octanol–water partition coefficient (Wildman–Crippen LogP) is 4.25. The number of aryl methyl sites for hydroxylation is 1. The lowest BCUT2D eigenvalue weighted by molar-refractivity contribution is 0.425. The zero-order valence-corrected chi connectivity index (χ0v) is 13.5. The van der Waals surface area contributed by atoms with Gasteiger partial charge in [-0.15, -0.1) is 0 Å². The summed E-state index contributed by atoms with van der Waals surface area (Å²) in [5.41, 5.74) is 2.10. The molecule has 23 heavy (non-hydrogen) atoms. The zero-order valence-electron chi connectivity index (χ0n) is 13.5. The second-order valence-electron chi connectivity index (χ2n) is 5.85. The summed E-state index contributed by atoms with van der Waals surface area (Å²) in [4.78, 5) is 8.68. The number of hydrogen-bond donors (Lipinski definition) is 1. The Morgan fingerprint density at radius 1 is 1.09 bits per heavy atom. The van der Waals surface area contributed by atoms with E-state index < -0.39 is 0 Å². The molecule has 0 amide bonds. The van der Waals surface area contributed by atoms with Crippen molar-refractivity contribution >= 4 is 5.82 Å². The van der Waals surface area contributed by atoms with E-state index in [0.717, 1.165) is 11.4 Å². The predicted molar refractivity (Wildman–Crippen MR) is 89.9 cm³/mol. The summed E-state index contributed by atoms with van der Waals surface area (Å²) < 4.78 is 5.23. The lowest BCUT2D eigenvalue weighted by Gasteiger charge is -2.23. The first-order valence-electron chi connectivity index (χ1n) is 7.71. The molecule has 2 heterocycles. The van der Waals surface area contributed by atoms with E-state index >= 15 is 0 Å². The zero-order chi connectivity index (χ0) is 16.2. The van der Waals surface area contributed by atoms with Gasteiger partial charge in [-0.1, -0.05) is 49.3 Å². The molecule has 0 saturated carbocycles. The van der Waals surface area contributed by atoms with Crippen molar-refractivity contribution in [3.05, 3.63) is 60.0 Å². The van der Waals surface area contributed by atoms with Crippen molar-refractivity contribution in [2.75, 3.05) is 5.32 Å². The van der Waals surface area contributed by atoms with Crippen molar-refractivity contribution in [3.8, 4) is 11.5 Å². The molecular formula is C18H20N4O. The Morgan fingerprint density at radius 3 is 2.52 bits per heavy atom. The number of anilines is 1. The summed E-state index contributed by atoms with van der Waals surface area (Å²) in [6.07, 6.45) is 1.75. The maximum atomic E-state index is 5.23. The maximum Gasteiger partial charge on any atom is 0.258 e. The van der Waals surface area contributed by atoms with E-state index in [-0.39, 0.29) is 6.04 Å². The van der Waals surface area contributed by atoms with Crippen molar-refractivity contribution in [1.82, 2.24) is 15.1 Å². The van der Waals surface area contributed by atoms with Gasteiger partial charge in [-0.25, -0.2) is 4.98 Å². The van der Waals surface area contributed by atoms with Gasteiger partial charge >= 0.3 is 0 Å². The van der Waals surface area contributed by atoms with Crippen LogP contribution >= 0.6 is 0 Å². The number of rotatable bonds is 5. The Labute approximate surface area is 135 Å². The van der Waals surface area contributed by atoms with E-state index in [1.807, 2.05) is 18.2 Å². The van der Waals surface area contributed by atoms with Gasteiger partial charge in [0.2, 0.25) is 0 Å². The highest BCUT2D eigenvalue weighted by atomic mass is 16.5. The van der Waals surface area contributed by atoms with Gasteiger partial charge in [0, 0.05) is 11.8 Å². The molecule has 1 unspecified atom stereocenters. The third-order valence-electron chi connectivity index (χ3n) is 3.66. The SMILES string of the molecule is Cc1noc(-c2ccnc(NC(c3ccccc3)C(C)C)c2)n1. The second kappa shape index (κ2) is 6.60. The monoisotopic (exact) mass is 308 g/mol. The fraction of sp³-hybridized carbons (Fsp3) is 0.278. The van der Waals surface area contributed by atoms with E-state index in [1.54, 1.807) is 13.1 Å². The van der Waals surface area contributed by atoms with Crippen LogP contribution in [0.1, 0.15) is 31.3 Å². The van der Waals surface area contributed by atoms with Gasteiger partial charge < -0.3 is 9.84 Å². The fourth-order valence-electron chi connectivity index (χ4n) is 2.51. The van der Waals surface area contributed by atoms with Crippen molar-refractivity contribution in [2.45, 2.75) is 26.8 Å². The molecule has 1 N–H and O–H groups in total. The average molecular weight is 308 g/mol. The quantitative estimate of drug-likeness (QED) is 0.763. The van der Waals surface area contributed by atoms with Crippen LogP contribution in [0.25, 0.3) is 11.5 Å². The van der Waals surface area contributed by atoms with Crippen molar-refractivity contribution in [2.24, 2.45) is 5.92 Å². The van der Waals surface area contributed by atoms with Crippen LogP contribution in [0.2, 0.25) is 0 Å². The Balaban J connectivity index is 1.86. The third-order valence-corrected chi connectivity index (χ3v) is 3.66. The first kappa shape index (κ1) is 15.2. The molecule has 0 aliphatic rings. The van der Waals surface area contributed by atoms with Crippen LogP contribution in [-0.4, -0.2) is 15.1 Å². The normalized spacial score (nSPS) is 12.3. The molecule has 3 aromatic rings. The summed E-state index contributed by atoms with van der Waals surface area (Å²) in [5, 5.41) is 7.34. The Hall–Kier alpha value is -2.69. The maximum absolute atomic E-state index is 5.23. The van der Waals surface area contributed by atoms with Crippen LogP contribution in [0.15, 0.2) is 53.2 Å². The average Bonchev–Trinajstić information content (AvgIpc) is 3.00. The summed E-state index contributed by atoms with van der Waals surface area (Å²) in [7, 11) is 0. The molecule has 5 nitrogen and oxygen atoms in total. The van der Waals surface area contributed by atoms with Crippen molar-refractivity contribution in [3.63, 3.8) is 0 Å². The molecule has 0 radical (unpaired) electrons. The summed E-state index contributed by atoms with van der Waals surface area (Å²) in [6.45, 7) is 6.18. The van der Waals surface area contributed by atoms with Crippen LogP contribution in [0.4, 0.5) is 5.82 Å². The molecule has 0 spiro atoms. The van der Waals surface area contributed by atoms with Gasteiger partial charge in [-0.2, -0.15) is 4.98 Å². The molecule has 2 aromatic heterocycles. The van der Waals surface area contributed by atoms with Gasteiger partial charge in [-0.3, -0.25) is 0 Å². The summed E-state index contributed by atoms with van der Waals surface area (Å²) in [6, 6.07) is 14.4. The molecule has 0 bridgehead atoms. The Kier molecular flexibility index (Phi) is 4.37.